The van der Waals surface area contributed by atoms with E-state index in [1.807, 2.05) is 23.1 Å². The molecule has 1 fully saturated rings. The molecule has 0 amide bonds. The number of H-pyrrole nitrogens is 1. The van der Waals surface area contributed by atoms with Crippen molar-refractivity contribution in [3.8, 4) is 11.3 Å². The molecule has 0 radical (unpaired) electrons. The highest BCUT2D eigenvalue weighted by Gasteiger charge is 2.34. The molecule has 1 saturated heterocycles. The van der Waals surface area contributed by atoms with Gasteiger partial charge in [0.15, 0.2) is 0 Å². The summed E-state index contributed by atoms with van der Waals surface area (Å²) < 4.78 is 28.6. The second kappa shape index (κ2) is 4.79. The highest BCUT2D eigenvalue weighted by molar-refractivity contribution is 5.71. The van der Waals surface area contributed by atoms with Crippen LogP contribution in [0.25, 0.3) is 16.8 Å². The van der Waals surface area contributed by atoms with Crippen LogP contribution in [0.3, 0.4) is 0 Å². The van der Waals surface area contributed by atoms with Crippen molar-refractivity contribution in [2.24, 2.45) is 0 Å². The number of piperidine rings is 1. The molecule has 0 aliphatic carbocycles. The number of aromatic amines is 1. The molecule has 0 aromatic carbocycles. The summed E-state index contributed by atoms with van der Waals surface area (Å²) in [5, 5.41) is 4.31. The molecule has 0 bridgehead atoms. The summed E-state index contributed by atoms with van der Waals surface area (Å²) in [6, 6.07) is 5.88. The van der Waals surface area contributed by atoms with Crippen LogP contribution in [0.2, 0.25) is 0 Å². The summed E-state index contributed by atoms with van der Waals surface area (Å²) in [4.78, 5) is 9.08. The number of nitrogens with one attached hydrogen (secondary N) is 1. The van der Waals surface area contributed by atoms with E-state index in [4.69, 9.17) is 0 Å². The predicted octanol–water partition coefficient (Wildman–Crippen LogP) is 2.96. The topological polar surface area (TPSA) is 49.2 Å². The predicted molar refractivity (Wildman–Crippen MR) is 79.2 cm³/mol. The maximum absolute atomic E-state index is 13.4. The summed E-state index contributed by atoms with van der Waals surface area (Å²) in [5.74, 6) is -1.72. The van der Waals surface area contributed by atoms with E-state index < -0.39 is 5.92 Å². The van der Waals surface area contributed by atoms with E-state index in [1.54, 1.807) is 23.2 Å². The van der Waals surface area contributed by atoms with E-state index in [-0.39, 0.29) is 12.8 Å². The Morgan fingerprint density at radius 3 is 2.73 bits per heavy atom. The van der Waals surface area contributed by atoms with Gasteiger partial charge in [-0.2, -0.15) is 5.10 Å². The summed E-state index contributed by atoms with van der Waals surface area (Å²) in [6.07, 6.45) is 4.84. The zero-order chi connectivity index (χ0) is 15.2. The van der Waals surface area contributed by atoms with Gasteiger partial charge in [0.05, 0.1) is 29.9 Å². The Labute approximate surface area is 125 Å². The van der Waals surface area contributed by atoms with E-state index in [0.29, 0.717) is 13.1 Å². The number of halogens is 2. The number of alkyl halides is 2. The molecule has 1 aliphatic rings. The van der Waals surface area contributed by atoms with Gasteiger partial charge in [-0.25, -0.2) is 18.3 Å². The van der Waals surface area contributed by atoms with Crippen LogP contribution in [0.15, 0.2) is 36.9 Å². The third-order valence-electron chi connectivity index (χ3n) is 4.11. The second-order valence-electron chi connectivity index (χ2n) is 5.58. The van der Waals surface area contributed by atoms with Gasteiger partial charge in [-0.15, -0.1) is 0 Å². The molecular weight excluding hydrogens is 288 g/mol. The minimum atomic E-state index is -2.55. The number of imidazole rings is 1. The molecule has 0 spiro atoms. The SMILES string of the molecule is FC1(F)CCN(c2cc(-c3cnc[nH]3)cc3ccnn23)CC1. The first-order valence-corrected chi connectivity index (χ1v) is 7.22. The molecule has 3 aromatic heterocycles. The van der Waals surface area contributed by atoms with Gasteiger partial charge in [0.2, 0.25) is 0 Å². The molecule has 7 heteroatoms. The first-order chi connectivity index (χ1) is 10.6. The summed E-state index contributed by atoms with van der Waals surface area (Å²) in [5.41, 5.74) is 2.80. The number of hydrogen-bond acceptors (Lipinski definition) is 3. The number of anilines is 1. The van der Waals surface area contributed by atoms with E-state index in [0.717, 1.165) is 22.6 Å². The average Bonchev–Trinajstić information content (AvgIpc) is 3.17. The molecule has 0 saturated carbocycles. The van der Waals surface area contributed by atoms with Crippen molar-refractivity contribution in [3.63, 3.8) is 0 Å². The third kappa shape index (κ3) is 2.22. The van der Waals surface area contributed by atoms with Crippen molar-refractivity contribution in [2.75, 3.05) is 18.0 Å². The van der Waals surface area contributed by atoms with E-state index >= 15 is 0 Å². The maximum atomic E-state index is 13.4. The molecule has 0 atom stereocenters. The van der Waals surface area contributed by atoms with Crippen LogP contribution in [-0.2, 0) is 0 Å². The molecule has 4 heterocycles. The summed E-state index contributed by atoms with van der Waals surface area (Å²) >= 11 is 0. The number of aromatic nitrogens is 4. The van der Waals surface area contributed by atoms with Crippen LogP contribution in [-0.4, -0.2) is 38.6 Å². The smallest absolute Gasteiger partial charge is 0.251 e. The van der Waals surface area contributed by atoms with Gasteiger partial charge in [0, 0.05) is 31.5 Å². The van der Waals surface area contributed by atoms with Gasteiger partial charge in [-0.05, 0) is 18.2 Å². The quantitative estimate of drug-likeness (QED) is 0.792. The van der Waals surface area contributed by atoms with E-state index in [9.17, 15) is 8.78 Å². The average molecular weight is 303 g/mol. The summed E-state index contributed by atoms with van der Waals surface area (Å²) in [6.45, 7) is 0.656. The Morgan fingerprint density at radius 1 is 1.18 bits per heavy atom. The number of fused-ring (bicyclic) bond motifs is 1. The molecular formula is C15H15F2N5. The van der Waals surface area contributed by atoms with Gasteiger partial charge in [-0.1, -0.05) is 0 Å². The normalized spacial score (nSPS) is 18.0. The van der Waals surface area contributed by atoms with Gasteiger partial charge >= 0.3 is 0 Å². The maximum Gasteiger partial charge on any atom is 0.251 e. The largest absolute Gasteiger partial charge is 0.356 e. The molecule has 5 nitrogen and oxygen atoms in total. The van der Waals surface area contributed by atoms with Gasteiger partial charge in [0.1, 0.15) is 5.82 Å². The summed E-state index contributed by atoms with van der Waals surface area (Å²) in [7, 11) is 0. The van der Waals surface area contributed by atoms with E-state index in [1.165, 1.54) is 0 Å². The molecule has 4 rings (SSSR count). The van der Waals surface area contributed by atoms with Crippen molar-refractivity contribution in [2.45, 2.75) is 18.8 Å². The lowest BCUT2D eigenvalue weighted by Crippen LogP contribution is -2.40. The molecule has 3 aromatic rings. The molecule has 0 unspecified atom stereocenters. The molecule has 1 N–H and O–H groups in total. The minimum absolute atomic E-state index is 0.121. The molecule has 22 heavy (non-hydrogen) atoms. The second-order valence-corrected chi connectivity index (χ2v) is 5.58. The number of rotatable bonds is 2. The van der Waals surface area contributed by atoms with Crippen molar-refractivity contribution < 1.29 is 8.78 Å². The first kappa shape index (κ1) is 13.2. The van der Waals surface area contributed by atoms with Crippen LogP contribution < -0.4 is 4.90 Å². The zero-order valence-corrected chi connectivity index (χ0v) is 11.8. The van der Waals surface area contributed by atoms with Crippen LogP contribution in [0.1, 0.15) is 12.8 Å². The number of pyridine rings is 1. The van der Waals surface area contributed by atoms with Crippen LogP contribution in [0.4, 0.5) is 14.6 Å². The lowest BCUT2D eigenvalue weighted by atomic mass is 10.1. The van der Waals surface area contributed by atoms with E-state index in [2.05, 4.69) is 15.1 Å². The van der Waals surface area contributed by atoms with Crippen molar-refractivity contribution in [1.29, 1.82) is 0 Å². The highest BCUT2D eigenvalue weighted by atomic mass is 19.3. The Bertz CT molecular complexity index is 783. The molecule has 1 aliphatic heterocycles. The van der Waals surface area contributed by atoms with Crippen LogP contribution in [0, 0.1) is 0 Å². The van der Waals surface area contributed by atoms with Gasteiger partial charge < -0.3 is 9.88 Å². The lowest BCUT2D eigenvalue weighted by molar-refractivity contribution is -0.0222. The van der Waals surface area contributed by atoms with Gasteiger partial charge in [-0.3, -0.25) is 0 Å². The number of nitrogens with zero attached hydrogens (tertiary/aromatic N) is 4. The van der Waals surface area contributed by atoms with Crippen LogP contribution in [0.5, 0.6) is 0 Å². The monoisotopic (exact) mass is 303 g/mol. The molecule has 114 valence electrons. The Balaban J connectivity index is 1.78. The Kier molecular flexibility index (Phi) is 2.88. The fourth-order valence-corrected chi connectivity index (χ4v) is 2.87. The van der Waals surface area contributed by atoms with Gasteiger partial charge in [0.25, 0.3) is 5.92 Å². The third-order valence-corrected chi connectivity index (χ3v) is 4.11. The van der Waals surface area contributed by atoms with Crippen LogP contribution >= 0.6 is 0 Å². The highest BCUT2D eigenvalue weighted by Crippen LogP contribution is 2.32. The minimum Gasteiger partial charge on any atom is -0.356 e. The van der Waals surface area contributed by atoms with Crippen molar-refractivity contribution >= 4 is 11.3 Å². The Hall–Kier alpha value is -2.44. The standard InChI is InChI=1S/C15H15F2N5/c16-15(17)2-5-21(6-3-15)14-8-11(13-9-18-10-19-13)7-12-1-4-20-22(12)14/h1,4,7-10H,2-3,5-6H2,(H,18,19). The fraction of sp³-hybridized carbons (Fsp3) is 0.333. The number of hydrogen-bond donors (Lipinski definition) is 1. The first-order valence-electron chi connectivity index (χ1n) is 7.22. The zero-order valence-electron chi connectivity index (χ0n) is 11.8. The van der Waals surface area contributed by atoms with Crippen molar-refractivity contribution in [3.05, 3.63) is 36.9 Å². The lowest BCUT2D eigenvalue weighted by Gasteiger charge is -2.33. The fourth-order valence-electron chi connectivity index (χ4n) is 2.87. The van der Waals surface area contributed by atoms with Crippen molar-refractivity contribution in [1.82, 2.24) is 19.6 Å². The Morgan fingerprint density at radius 2 is 2.00 bits per heavy atom.